The molecule has 2 rings (SSSR count). The van der Waals surface area contributed by atoms with Gasteiger partial charge in [-0.2, -0.15) is 0 Å². The fourth-order valence-corrected chi connectivity index (χ4v) is 2.67. The van der Waals surface area contributed by atoms with Gasteiger partial charge in [0.05, 0.1) is 25.4 Å². The molecule has 2 unspecified atom stereocenters. The van der Waals surface area contributed by atoms with E-state index in [2.05, 4.69) is 17.1 Å². The second kappa shape index (κ2) is 5.00. The Morgan fingerprint density at radius 1 is 1.50 bits per heavy atom. The van der Waals surface area contributed by atoms with Crippen molar-refractivity contribution in [2.45, 2.75) is 31.3 Å². The maximum absolute atomic E-state index is 9.68. The largest absolute Gasteiger partial charge is 0.394 e. The minimum atomic E-state index is -0.0917. The summed E-state index contributed by atoms with van der Waals surface area (Å²) >= 11 is 0. The lowest BCUT2D eigenvalue weighted by Crippen LogP contribution is -2.60. The molecule has 2 atom stereocenters. The summed E-state index contributed by atoms with van der Waals surface area (Å²) < 4.78 is 5.45. The zero-order chi connectivity index (χ0) is 11.6. The number of morpholine rings is 1. The van der Waals surface area contributed by atoms with Crippen LogP contribution in [-0.2, 0) is 4.74 Å². The number of ether oxygens (including phenoxy) is 1. The lowest BCUT2D eigenvalue weighted by atomic mass is 9.93. The highest BCUT2D eigenvalue weighted by molar-refractivity contribution is 5.02. The average Bonchev–Trinajstić information content (AvgIpc) is 3.13. The van der Waals surface area contributed by atoms with Gasteiger partial charge in [0.2, 0.25) is 0 Å². The monoisotopic (exact) mass is 228 g/mol. The standard InChI is InChI=1S/C12H24N2O2/c1-10-7-16-6-5-14(10)8-12(9-15,13-2)11-3-4-11/h10-11,13,15H,3-9H2,1-2H3. The van der Waals surface area contributed by atoms with Crippen LogP contribution in [0.4, 0.5) is 0 Å². The van der Waals surface area contributed by atoms with E-state index in [4.69, 9.17) is 4.74 Å². The molecule has 94 valence electrons. The first-order valence-corrected chi connectivity index (χ1v) is 6.33. The molecule has 2 aliphatic rings. The first-order valence-electron chi connectivity index (χ1n) is 6.33. The summed E-state index contributed by atoms with van der Waals surface area (Å²) in [6.07, 6.45) is 2.50. The molecule has 1 heterocycles. The molecular formula is C12H24N2O2. The van der Waals surface area contributed by atoms with Crippen molar-refractivity contribution < 1.29 is 9.84 Å². The third-order valence-corrected chi connectivity index (χ3v) is 4.13. The van der Waals surface area contributed by atoms with Crippen LogP contribution < -0.4 is 5.32 Å². The van der Waals surface area contributed by atoms with Gasteiger partial charge in [0, 0.05) is 19.1 Å². The fourth-order valence-electron chi connectivity index (χ4n) is 2.67. The molecule has 0 aromatic carbocycles. The molecule has 4 heteroatoms. The van der Waals surface area contributed by atoms with E-state index in [9.17, 15) is 5.11 Å². The van der Waals surface area contributed by atoms with Gasteiger partial charge in [-0.05, 0) is 32.7 Å². The number of hydrogen-bond donors (Lipinski definition) is 2. The Kier molecular flexibility index (Phi) is 3.85. The van der Waals surface area contributed by atoms with Crippen molar-refractivity contribution in [3.8, 4) is 0 Å². The van der Waals surface area contributed by atoms with Crippen LogP contribution in [0.15, 0.2) is 0 Å². The van der Waals surface area contributed by atoms with E-state index in [1.807, 2.05) is 7.05 Å². The van der Waals surface area contributed by atoms with Gasteiger partial charge in [-0.15, -0.1) is 0 Å². The van der Waals surface area contributed by atoms with E-state index in [1.165, 1.54) is 12.8 Å². The predicted molar refractivity (Wildman–Crippen MR) is 63.5 cm³/mol. The van der Waals surface area contributed by atoms with Crippen LogP contribution in [0, 0.1) is 5.92 Å². The zero-order valence-corrected chi connectivity index (χ0v) is 10.4. The molecule has 1 saturated carbocycles. The summed E-state index contributed by atoms with van der Waals surface area (Å²) in [4.78, 5) is 2.44. The Morgan fingerprint density at radius 3 is 2.75 bits per heavy atom. The number of aliphatic hydroxyl groups is 1. The molecule has 1 aliphatic carbocycles. The highest BCUT2D eigenvalue weighted by atomic mass is 16.5. The molecule has 0 aromatic rings. The normalized spacial score (nSPS) is 31.3. The number of aliphatic hydroxyl groups excluding tert-OH is 1. The maximum atomic E-state index is 9.68. The molecule has 0 radical (unpaired) electrons. The van der Waals surface area contributed by atoms with Gasteiger partial charge in [-0.25, -0.2) is 0 Å². The van der Waals surface area contributed by atoms with Crippen LogP contribution in [0.2, 0.25) is 0 Å². The van der Waals surface area contributed by atoms with Crippen molar-refractivity contribution in [2.24, 2.45) is 5.92 Å². The molecule has 1 aliphatic heterocycles. The number of nitrogens with one attached hydrogen (secondary N) is 1. The Labute approximate surface area is 98.0 Å². The van der Waals surface area contributed by atoms with E-state index in [-0.39, 0.29) is 12.1 Å². The molecule has 0 bridgehead atoms. The van der Waals surface area contributed by atoms with Gasteiger partial charge in [0.25, 0.3) is 0 Å². The van der Waals surface area contributed by atoms with E-state index in [1.54, 1.807) is 0 Å². The summed E-state index contributed by atoms with van der Waals surface area (Å²) in [6, 6.07) is 0.465. The smallest absolute Gasteiger partial charge is 0.0628 e. The van der Waals surface area contributed by atoms with Crippen LogP contribution in [-0.4, -0.2) is 61.5 Å². The van der Waals surface area contributed by atoms with Crippen molar-refractivity contribution in [2.75, 3.05) is 40.0 Å². The highest BCUT2D eigenvalue weighted by Gasteiger charge is 2.45. The molecule has 2 N–H and O–H groups in total. The minimum Gasteiger partial charge on any atom is -0.394 e. The molecule has 0 aromatic heterocycles. The van der Waals surface area contributed by atoms with Gasteiger partial charge in [0.1, 0.15) is 0 Å². The van der Waals surface area contributed by atoms with Crippen molar-refractivity contribution in [3.05, 3.63) is 0 Å². The summed E-state index contributed by atoms with van der Waals surface area (Å²) in [5.74, 6) is 0.651. The van der Waals surface area contributed by atoms with Gasteiger partial charge in [-0.1, -0.05) is 0 Å². The van der Waals surface area contributed by atoms with Crippen molar-refractivity contribution in [3.63, 3.8) is 0 Å². The first-order chi connectivity index (χ1) is 7.72. The molecule has 16 heavy (non-hydrogen) atoms. The van der Waals surface area contributed by atoms with Crippen molar-refractivity contribution in [1.29, 1.82) is 0 Å². The Morgan fingerprint density at radius 2 is 2.25 bits per heavy atom. The summed E-state index contributed by atoms with van der Waals surface area (Å²) in [7, 11) is 1.97. The van der Waals surface area contributed by atoms with Crippen LogP contribution in [0.1, 0.15) is 19.8 Å². The number of nitrogens with zero attached hydrogens (tertiary/aromatic N) is 1. The second-order valence-electron chi connectivity index (χ2n) is 5.23. The van der Waals surface area contributed by atoms with Crippen molar-refractivity contribution in [1.82, 2.24) is 10.2 Å². The third kappa shape index (κ3) is 2.40. The number of rotatable bonds is 5. The summed E-state index contributed by atoms with van der Waals surface area (Å²) in [6.45, 7) is 5.99. The number of likely N-dealkylation sites (N-methyl/N-ethyl adjacent to an activating group) is 1. The SMILES string of the molecule is CNC(CO)(CN1CCOCC1C)C1CC1. The van der Waals surface area contributed by atoms with Crippen LogP contribution in [0.5, 0.6) is 0 Å². The van der Waals surface area contributed by atoms with E-state index >= 15 is 0 Å². The van der Waals surface area contributed by atoms with Gasteiger partial charge < -0.3 is 15.2 Å². The third-order valence-electron chi connectivity index (χ3n) is 4.13. The molecule has 0 amide bonds. The van der Waals surface area contributed by atoms with E-state index in [0.717, 1.165) is 26.3 Å². The minimum absolute atomic E-state index is 0.0917. The van der Waals surface area contributed by atoms with Crippen LogP contribution in [0.3, 0.4) is 0 Å². The Balaban J connectivity index is 1.98. The maximum Gasteiger partial charge on any atom is 0.0628 e. The van der Waals surface area contributed by atoms with Gasteiger partial charge in [-0.3, -0.25) is 4.90 Å². The molecule has 1 saturated heterocycles. The average molecular weight is 228 g/mol. The molecular weight excluding hydrogens is 204 g/mol. The lowest BCUT2D eigenvalue weighted by Gasteiger charge is -2.41. The van der Waals surface area contributed by atoms with E-state index in [0.29, 0.717) is 12.0 Å². The Bertz CT molecular complexity index is 227. The van der Waals surface area contributed by atoms with Gasteiger partial charge >= 0.3 is 0 Å². The first kappa shape index (κ1) is 12.3. The zero-order valence-electron chi connectivity index (χ0n) is 10.4. The van der Waals surface area contributed by atoms with E-state index < -0.39 is 0 Å². The van der Waals surface area contributed by atoms with Crippen LogP contribution in [0.25, 0.3) is 0 Å². The molecule has 0 spiro atoms. The van der Waals surface area contributed by atoms with Crippen molar-refractivity contribution >= 4 is 0 Å². The fraction of sp³-hybridized carbons (Fsp3) is 1.00. The molecule has 4 nitrogen and oxygen atoms in total. The van der Waals surface area contributed by atoms with Crippen LogP contribution >= 0.6 is 0 Å². The van der Waals surface area contributed by atoms with Gasteiger partial charge in [0.15, 0.2) is 0 Å². The summed E-state index contributed by atoms with van der Waals surface area (Å²) in [5.41, 5.74) is -0.0917. The molecule has 2 fully saturated rings. The highest BCUT2D eigenvalue weighted by Crippen LogP contribution is 2.40. The topological polar surface area (TPSA) is 44.7 Å². The quantitative estimate of drug-likeness (QED) is 0.699. The predicted octanol–water partition coefficient (Wildman–Crippen LogP) is 0.0676. The lowest BCUT2D eigenvalue weighted by molar-refractivity contribution is -0.0226. The summed E-state index contributed by atoms with van der Waals surface area (Å²) in [5, 5.41) is 13.0. The second-order valence-corrected chi connectivity index (χ2v) is 5.23. The number of hydrogen-bond acceptors (Lipinski definition) is 4. The Hall–Kier alpha value is -0.160.